The molecule has 0 aromatic carbocycles. The SMILES string of the molecule is CC(C)[C@H](NC(=O)OC(C)(C)C)C(=O)[C@@H]1C(=O)N(N(C)C)C(=O)[C@H]1C. The predicted molar refractivity (Wildman–Crippen MR) is 91.2 cm³/mol. The predicted octanol–water partition coefficient (Wildman–Crippen LogP) is 1.20. The van der Waals surface area contributed by atoms with E-state index in [0.717, 1.165) is 5.01 Å². The summed E-state index contributed by atoms with van der Waals surface area (Å²) in [5.41, 5.74) is -0.706. The Hall–Kier alpha value is -1.96. The van der Waals surface area contributed by atoms with Crippen LogP contribution in [0.5, 0.6) is 0 Å². The van der Waals surface area contributed by atoms with E-state index in [2.05, 4.69) is 5.32 Å². The molecule has 0 aromatic rings. The summed E-state index contributed by atoms with van der Waals surface area (Å²) in [5, 5.41) is 4.87. The van der Waals surface area contributed by atoms with Gasteiger partial charge in [0.05, 0.1) is 12.0 Å². The first-order chi connectivity index (χ1) is 11.3. The van der Waals surface area contributed by atoms with Crippen molar-refractivity contribution in [3.05, 3.63) is 0 Å². The number of carbonyl (C=O) groups is 4. The molecule has 3 atom stereocenters. The zero-order valence-electron chi connectivity index (χ0n) is 16.2. The van der Waals surface area contributed by atoms with Crippen LogP contribution in [0, 0.1) is 17.8 Å². The quantitative estimate of drug-likeness (QED) is 0.588. The first kappa shape index (κ1) is 21.1. The molecule has 8 heteroatoms. The second kappa shape index (κ2) is 7.51. The molecular weight excluding hydrogens is 326 g/mol. The van der Waals surface area contributed by atoms with Crippen molar-refractivity contribution in [2.75, 3.05) is 14.1 Å². The molecule has 1 fully saturated rings. The highest BCUT2D eigenvalue weighted by Gasteiger charge is 2.52. The molecule has 0 bridgehead atoms. The van der Waals surface area contributed by atoms with Crippen LogP contribution in [0.3, 0.4) is 0 Å². The maximum absolute atomic E-state index is 12.9. The van der Waals surface area contributed by atoms with Crippen molar-refractivity contribution in [1.29, 1.82) is 0 Å². The van der Waals surface area contributed by atoms with Gasteiger partial charge in [0, 0.05) is 14.1 Å². The Morgan fingerprint density at radius 1 is 1.16 bits per heavy atom. The van der Waals surface area contributed by atoms with E-state index in [1.807, 2.05) is 0 Å². The van der Waals surface area contributed by atoms with Gasteiger partial charge in [-0.3, -0.25) is 14.4 Å². The number of nitrogens with one attached hydrogen (secondary N) is 1. The van der Waals surface area contributed by atoms with E-state index >= 15 is 0 Å². The van der Waals surface area contributed by atoms with Gasteiger partial charge in [0.25, 0.3) is 5.91 Å². The number of amides is 3. The highest BCUT2D eigenvalue weighted by molar-refractivity contribution is 6.16. The molecule has 1 aliphatic heterocycles. The Labute approximate surface area is 148 Å². The minimum Gasteiger partial charge on any atom is -0.444 e. The number of ketones is 1. The zero-order valence-corrected chi connectivity index (χ0v) is 16.2. The van der Waals surface area contributed by atoms with Gasteiger partial charge in [-0.05, 0) is 26.7 Å². The number of ether oxygens (including phenoxy) is 1. The second-order valence-electron chi connectivity index (χ2n) is 7.87. The van der Waals surface area contributed by atoms with Crippen LogP contribution >= 0.6 is 0 Å². The van der Waals surface area contributed by atoms with Gasteiger partial charge in [0.15, 0.2) is 5.78 Å². The van der Waals surface area contributed by atoms with E-state index < -0.39 is 47.2 Å². The van der Waals surface area contributed by atoms with Crippen molar-refractivity contribution in [2.45, 2.75) is 53.2 Å². The lowest BCUT2D eigenvalue weighted by molar-refractivity contribution is -0.154. The fourth-order valence-electron chi connectivity index (χ4n) is 2.75. The molecule has 0 unspecified atom stereocenters. The molecule has 1 heterocycles. The maximum atomic E-state index is 12.9. The number of hydrogen-bond donors (Lipinski definition) is 1. The summed E-state index contributed by atoms with van der Waals surface area (Å²) < 4.78 is 5.19. The molecule has 0 aliphatic carbocycles. The molecule has 142 valence electrons. The molecule has 1 rings (SSSR count). The van der Waals surface area contributed by atoms with Crippen LogP contribution in [0.25, 0.3) is 0 Å². The first-order valence-electron chi connectivity index (χ1n) is 8.36. The summed E-state index contributed by atoms with van der Waals surface area (Å²) in [6, 6.07) is -0.916. The van der Waals surface area contributed by atoms with Gasteiger partial charge in [0.1, 0.15) is 11.5 Å². The van der Waals surface area contributed by atoms with Crippen LogP contribution in [-0.4, -0.2) is 59.4 Å². The number of Topliss-reactive ketones (excluding diaryl/α,β-unsaturated/α-hetero) is 1. The summed E-state index contributed by atoms with van der Waals surface area (Å²) in [7, 11) is 3.13. The number of imide groups is 1. The average Bonchev–Trinajstić information content (AvgIpc) is 2.63. The normalized spacial score (nSPS) is 22.6. The molecule has 8 nitrogen and oxygen atoms in total. The van der Waals surface area contributed by atoms with Gasteiger partial charge in [0.2, 0.25) is 5.91 Å². The molecule has 0 saturated carbocycles. The Bertz CT molecular complexity index is 565. The summed E-state index contributed by atoms with van der Waals surface area (Å²) in [4.78, 5) is 49.8. The van der Waals surface area contributed by atoms with Gasteiger partial charge in [-0.25, -0.2) is 14.8 Å². The van der Waals surface area contributed by atoms with Crippen molar-refractivity contribution in [1.82, 2.24) is 15.3 Å². The molecule has 3 amide bonds. The van der Waals surface area contributed by atoms with E-state index in [-0.39, 0.29) is 5.92 Å². The van der Waals surface area contributed by atoms with Gasteiger partial charge >= 0.3 is 6.09 Å². The molecular formula is C17H29N3O5. The molecule has 1 N–H and O–H groups in total. The monoisotopic (exact) mass is 355 g/mol. The molecule has 0 spiro atoms. The van der Waals surface area contributed by atoms with Crippen LogP contribution in [0.1, 0.15) is 41.5 Å². The van der Waals surface area contributed by atoms with Gasteiger partial charge < -0.3 is 10.1 Å². The number of hydrogen-bond acceptors (Lipinski definition) is 6. The van der Waals surface area contributed by atoms with Gasteiger partial charge in [-0.1, -0.05) is 20.8 Å². The van der Waals surface area contributed by atoms with Crippen LogP contribution in [0.15, 0.2) is 0 Å². The Kier molecular flexibility index (Phi) is 6.33. The fourth-order valence-corrected chi connectivity index (χ4v) is 2.75. The number of carbonyl (C=O) groups excluding carboxylic acids is 4. The third-order valence-electron chi connectivity index (χ3n) is 3.93. The summed E-state index contributed by atoms with van der Waals surface area (Å²) >= 11 is 0. The standard InChI is InChI=1S/C17H29N3O5/c1-9(2)12(18-16(24)25-17(4,5)6)13(21)11-10(3)14(22)20(15(11)23)19(7)8/h9-12H,1-8H3,(H,18,24)/t10-,11+,12-/m0/s1. The zero-order chi connectivity index (χ0) is 19.7. The van der Waals surface area contributed by atoms with Crippen molar-refractivity contribution < 1.29 is 23.9 Å². The average molecular weight is 355 g/mol. The van der Waals surface area contributed by atoms with Gasteiger partial charge in [-0.2, -0.15) is 0 Å². The summed E-state index contributed by atoms with van der Waals surface area (Å²) in [6.07, 6.45) is -0.728. The highest BCUT2D eigenvalue weighted by atomic mass is 16.6. The lowest BCUT2D eigenvalue weighted by Crippen LogP contribution is -2.50. The third-order valence-corrected chi connectivity index (χ3v) is 3.93. The van der Waals surface area contributed by atoms with Crippen molar-refractivity contribution in [2.24, 2.45) is 17.8 Å². The minimum absolute atomic E-state index is 0.261. The topological polar surface area (TPSA) is 96.0 Å². The first-order valence-corrected chi connectivity index (χ1v) is 8.36. The van der Waals surface area contributed by atoms with E-state index in [9.17, 15) is 19.2 Å². The number of alkyl carbamates (subject to hydrolysis) is 1. The largest absolute Gasteiger partial charge is 0.444 e. The highest BCUT2D eigenvalue weighted by Crippen LogP contribution is 2.29. The fraction of sp³-hybridized carbons (Fsp3) is 0.765. The molecule has 1 aliphatic rings. The molecule has 25 heavy (non-hydrogen) atoms. The third kappa shape index (κ3) is 4.78. The van der Waals surface area contributed by atoms with E-state index in [4.69, 9.17) is 4.74 Å². The molecule has 0 radical (unpaired) electrons. The summed E-state index contributed by atoms with van der Waals surface area (Å²) in [5.74, 6) is -3.61. The van der Waals surface area contributed by atoms with E-state index in [1.165, 1.54) is 5.01 Å². The Morgan fingerprint density at radius 3 is 2.04 bits per heavy atom. The smallest absolute Gasteiger partial charge is 0.408 e. The maximum Gasteiger partial charge on any atom is 0.408 e. The summed E-state index contributed by atoms with van der Waals surface area (Å²) in [6.45, 7) is 10.2. The molecule has 0 aromatic heterocycles. The lowest BCUT2D eigenvalue weighted by atomic mass is 9.85. The van der Waals surface area contributed by atoms with Gasteiger partial charge in [-0.15, -0.1) is 0 Å². The number of hydrazine groups is 1. The Balaban J connectivity index is 3.02. The number of nitrogens with zero attached hydrogens (tertiary/aromatic N) is 2. The molecule has 1 saturated heterocycles. The van der Waals surface area contributed by atoms with Crippen LogP contribution in [0.2, 0.25) is 0 Å². The van der Waals surface area contributed by atoms with E-state index in [0.29, 0.717) is 0 Å². The van der Waals surface area contributed by atoms with Crippen LogP contribution in [-0.2, 0) is 19.1 Å². The lowest BCUT2D eigenvalue weighted by Gasteiger charge is -2.27. The van der Waals surface area contributed by atoms with Crippen molar-refractivity contribution in [3.8, 4) is 0 Å². The van der Waals surface area contributed by atoms with E-state index in [1.54, 1.807) is 55.6 Å². The second-order valence-corrected chi connectivity index (χ2v) is 7.87. The van der Waals surface area contributed by atoms with Crippen molar-refractivity contribution in [3.63, 3.8) is 0 Å². The van der Waals surface area contributed by atoms with Crippen LogP contribution in [0.4, 0.5) is 4.79 Å². The minimum atomic E-state index is -1.11. The number of rotatable bonds is 5. The van der Waals surface area contributed by atoms with Crippen molar-refractivity contribution >= 4 is 23.7 Å². The van der Waals surface area contributed by atoms with Crippen LogP contribution < -0.4 is 5.32 Å². The Morgan fingerprint density at radius 2 is 1.68 bits per heavy atom.